The summed E-state index contributed by atoms with van der Waals surface area (Å²) in [7, 11) is -3.55. The minimum atomic E-state index is -3.55. The largest absolute Gasteiger partial charge is 0.493 e. The second-order valence-electron chi connectivity index (χ2n) is 5.08. The van der Waals surface area contributed by atoms with Crippen molar-refractivity contribution in [1.29, 1.82) is 0 Å². The maximum Gasteiger partial charge on any atom is 0.240 e. The van der Waals surface area contributed by atoms with Crippen LogP contribution in [0.4, 0.5) is 0 Å². The molecule has 1 heterocycles. The van der Waals surface area contributed by atoms with Gasteiger partial charge in [-0.2, -0.15) is 0 Å². The Bertz CT molecular complexity index is 645. The van der Waals surface area contributed by atoms with Crippen LogP contribution in [0, 0.1) is 5.92 Å². The van der Waals surface area contributed by atoms with Crippen LogP contribution in [-0.2, 0) is 16.6 Å². The molecule has 0 spiro atoms. The molecule has 0 aliphatic carbocycles. The van der Waals surface area contributed by atoms with E-state index in [1.165, 1.54) is 18.4 Å². The van der Waals surface area contributed by atoms with Crippen molar-refractivity contribution in [2.24, 2.45) is 5.92 Å². The van der Waals surface area contributed by atoms with E-state index in [9.17, 15) is 8.42 Å². The minimum absolute atomic E-state index is 0.126. The topological polar surface area (TPSA) is 68.5 Å². The van der Waals surface area contributed by atoms with E-state index in [2.05, 4.69) is 18.6 Å². The Kier molecular flexibility index (Phi) is 5.03. The van der Waals surface area contributed by atoms with E-state index in [0.717, 1.165) is 0 Å². The van der Waals surface area contributed by atoms with Crippen LogP contribution in [0.15, 0.2) is 52.0 Å². The average Bonchev–Trinajstić information content (AvgIpc) is 2.97. The summed E-state index contributed by atoms with van der Waals surface area (Å²) in [6, 6.07) is 9.80. The molecule has 0 saturated carbocycles. The summed E-state index contributed by atoms with van der Waals surface area (Å²) in [5, 5.41) is 0. The van der Waals surface area contributed by atoms with Gasteiger partial charge in [0.1, 0.15) is 11.5 Å². The smallest absolute Gasteiger partial charge is 0.240 e. The van der Waals surface area contributed by atoms with E-state index in [0.29, 0.717) is 24.0 Å². The van der Waals surface area contributed by atoms with Gasteiger partial charge in [0.15, 0.2) is 0 Å². The van der Waals surface area contributed by atoms with Crippen LogP contribution in [0.2, 0.25) is 0 Å². The fourth-order valence-electron chi connectivity index (χ4n) is 1.64. The van der Waals surface area contributed by atoms with Crippen LogP contribution >= 0.6 is 0 Å². The Balaban J connectivity index is 1.99. The Morgan fingerprint density at radius 1 is 1.19 bits per heavy atom. The molecule has 0 aliphatic heterocycles. The predicted molar refractivity (Wildman–Crippen MR) is 79.5 cm³/mol. The Labute approximate surface area is 125 Å². The normalized spacial score (nSPS) is 11.8. The van der Waals surface area contributed by atoms with E-state index in [1.54, 1.807) is 24.3 Å². The molecule has 21 heavy (non-hydrogen) atoms. The van der Waals surface area contributed by atoms with Gasteiger partial charge < -0.3 is 9.15 Å². The second kappa shape index (κ2) is 6.78. The third kappa shape index (κ3) is 4.61. The van der Waals surface area contributed by atoms with Gasteiger partial charge in [-0.1, -0.05) is 13.8 Å². The summed E-state index contributed by atoms with van der Waals surface area (Å²) in [6.45, 7) is 4.83. The van der Waals surface area contributed by atoms with Crippen LogP contribution in [0.1, 0.15) is 19.6 Å². The summed E-state index contributed by atoms with van der Waals surface area (Å²) >= 11 is 0. The molecule has 0 fully saturated rings. The zero-order chi connectivity index (χ0) is 15.3. The van der Waals surface area contributed by atoms with Gasteiger partial charge in [-0.3, -0.25) is 0 Å². The average molecular weight is 309 g/mol. The molecule has 1 N–H and O–H groups in total. The molecular weight excluding hydrogens is 290 g/mol. The Morgan fingerprint density at radius 3 is 2.48 bits per heavy atom. The van der Waals surface area contributed by atoms with E-state index < -0.39 is 10.0 Å². The molecule has 0 radical (unpaired) electrons. The van der Waals surface area contributed by atoms with Crippen molar-refractivity contribution in [1.82, 2.24) is 4.72 Å². The number of benzene rings is 1. The quantitative estimate of drug-likeness (QED) is 0.854. The number of ether oxygens (including phenoxy) is 1. The predicted octanol–water partition coefficient (Wildman–Crippen LogP) is 2.79. The second-order valence-corrected chi connectivity index (χ2v) is 6.85. The minimum Gasteiger partial charge on any atom is -0.493 e. The Morgan fingerprint density at radius 2 is 1.90 bits per heavy atom. The molecule has 2 rings (SSSR count). The van der Waals surface area contributed by atoms with Crippen molar-refractivity contribution < 1.29 is 17.6 Å². The fourth-order valence-corrected chi connectivity index (χ4v) is 2.63. The van der Waals surface area contributed by atoms with E-state index in [1.807, 2.05) is 0 Å². The molecular formula is C15H19NO4S. The summed E-state index contributed by atoms with van der Waals surface area (Å²) < 4.78 is 37.3. The first-order valence-electron chi connectivity index (χ1n) is 6.72. The van der Waals surface area contributed by atoms with Crippen LogP contribution < -0.4 is 9.46 Å². The summed E-state index contributed by atoms with van der Waals surface area (Å²) in [6.07, 6.45) is 1.50. The first-order valence-corrected chi connectivity index (χ1v) is 8.20. The van der Waals surface area contributed by atoms with Crippen molar-refractivity contribution in [3.63, 3.8) is 0 Å². The lowest BCUT2D eigenvalue weighted by molar-refractivity contribution is 0.271. The van der Waals surface area contributed by atoms with Crippen molar-refractivity contribution in [3.8, 4) is 5.75 Å². The van der Waals surface area contributed by atoms with Crippen molar-refractivity contribution in [2.75, 3.05) is 6.61 Å². The van der Waals surface area contributed by atoms with Crippen molar-refractivity contribution in [2.45, 2.75) is 25.3 Å². The highest BCUT2D eigenvalue weighted by Gasteiger charge is 2.14. The number of hydrogen-bond donors (Lipinski definition) is 1. The molecule has 6 heteroatoms. The Hall–Kier alpha value is -1.79. The van der Waals surface area contributed by atoms with Gasteiger partial charge in [0, 0.05) is 0 Å². The zero-order valence-electron chi connectivity index (χ0n) is 12.1. The molecule has 0 unspecified atom stereocenters. The van der Waals surface area contributed by atoms with Crippen LogP contribution in [0.5, 0.6) is 5.75 Å². The monoisotopic (exact) mass is 309 g/mol. The van der Waals surface area contributed by atoms with E-state index in [4.69, 9.17) is 9.15 Å². The number of furan rings is 1. The zero-order valence-corrected chi connectivity index (χ0v) is 12.9. The van der Waals surface area contributed by atoms with Gasteiger partial charge in [0.2, 0.25) is 10.0 Å². The molecule has 0 atom stereocenters. The molecule has 5 nitrogen and oxygen atoms in total. The van der Waals surface area contributed by atoms with Crippen LogP contribution in [-0.4, -0.2) is 15.0 Å². The van der Waals surface area contributed by atoms with Gasteiger partial charge >= 0.3 is 0 Å². The fraction of sp³-hybridized carbons (Fsp3) is 0.333. The lowest BCUT2D eigenvalue weighted by Gasteiger charge is -2.10. The lowest BCUT2D eigenvalue weighted by atomic mass is 10.2. The van der Waals surface area contributed by atoms with Gasteiger partial charge in [-0.15, -0.1) is 0 Å². The molecule has 114 valence electrons. The number of rotatable bonds is 7. The summed E-state index contributed by atoms with van der Waals surface area (Å²) in [5.74, 6) is 1.65. The third-order valence-corrected chi connectivity index (χ3v) is 4.15. The molecule has 0 saturated heterocycles. The van der Waals surface area contributed by atoms with Gasteiger partial charge in [-0.05, 0) is 42.3 Å². The summed E-state index contributed by atoms with van der Waals surface area (Å²) in [5.41, 5.74) is 0. The van der Waals surface area contributed by atoms with E-state index >= 15 is 0 Å². The SMILES string of the molecule is CC(C)COc1ccc(S(=O)(=O)NCc2ccco2)cc1. The number of sulfonamides is 1. The third-order valence-electron chi connectivity index (χ3n) is 2.73. The molecule has 0 amide bonds. The standard InChI is InChI=1S/C15H19NO4S/c1-12(2)11-20-13-5-7-15(8-6-13)21(17,18)16-10-14-4-3-9-19-14/h3-9,12,16H,10-11H2,1-2H3. The van der Waals surface area contributed by atoms with Crippen LogP contribution in [0.25, 0.3) is 0 Å². The first kappa shape index (κ1) is 15.6. The molecule has 1 aromatic heterocycles. The summed E-state index contributed by atoms with van der Waals surface area (Å²) in [4.78, 5) is 0.200. The molecule has 1 aromatic carbocycles. The maximum absolute atomic E-state index is 12.1. The van der Waals surface area contributed by atoms with Gasteiger partial charge in [0.25, 0.3) is 0 Å². The van der Waals surface area contributed by atoms with Crippen LogP contribution in [0.3, 0.4) is 0 Å². The molecule has 2 aromatic rings. The van der Waals surface area contributed by atoms with Crippen molar-refractivity contribution in [3.05, 3.63) is 48.4 Å². The molecule has 0 aliphatic rings. The highest BCUT2D eigenvalue weighted by molar-refractivity contribution is 7.89. The van der Waals surface area contributed by atoms with Gasteiger partial charge in [-0.25, -0.2) is 13.1 Å². The maximum atomic E-state index is 12.1. The van der Waals surface area contributed by atoms with E-state index in [-0.39, 0.29) is 11.4 Å². The first-order chi connectivity index (χ1) is 9.97. The van der Waals surface area contributed by atoms with Crippen molar-refractivity contribution >= 4 is 10.0 Å². The highest BCUT2D eigenvalue weighted by atomic mass is 32.2. The number of nitrogens with one attached hydrogen (secondary N) is 1. The molecule has 0 bridgehead atoms. The van der Waals surface area contributed by atoms with Gasteiger partial charge in [0.05, 0.1) is 24.3 Å². The lowest BCUT2D eigenvalue weighted by Crippen LogP contribution is -2.22. The number of hydrogen-bond acceptors (Lipinski definition) is 4. The highest BCUT2D eigenvalue weighted by Crippen LogP contribution is 2.17.